The molecule has 2 rings (SSSR count). The van der Waals surface area contributed by atoms with Crippen LogP contribution in [0.4, 0.5) is 5.69 Å². The average molecular weight is 325 g/mol. The van der Waals surface area contributed by atoms with E-state index in [2.05, 4.69) is 38.8 Å². The molecule has 124 valence electrons. The molecule has 0 radical (unpaired) electrons. The van der Waals surface area contributed by atoms with Gasteiger partial charge in [-0.3, -0.25) is 4.90 Å². The van der Waals surface area contributed by atoms with E-state index in [0.29, 0.717) is 6.54 Å². The number of rotatable bonds is 7. The van der Waals surface area contributed by atoms with Crippen molar-refractivity contribution >= 4 is 15.7 Å². The summed E-state index contributed by atoms with van der Waals surface area (Å²) in [7, 11) is 0.874. The third kappa shape index (κ3) is 4.44. The number of likely N-dealkylation sites (tertiary alicyclic amines) is 1. The van der Waals surface area contributed by atoms with Crippen molar-refractivity contribution in [2.45, 2.75) is 25.8 Å². The predicted octanol–water partition coefficient (Wildman–Crippen LogP) is 1.83. The lowest BCUT2D eigenvalue weighted by molar-refractivity contribution is 0.246. The molecule has 22 heavy (non-hydrogen) atoms. The molecule has 0 saturated carbocycles. The van der Waals surface area contributed by atoms with Gasteiger partial charge in [0.2, 0.25) is 10.0 Å². The normalized spacial score (nSPS) is 17.6. The largest absolute Gasteiger partial charge is 0.378 e. The first-order chi connectivity index (χ1) is 10.4. The van der Waals surface area contributed by atoms with Gasteiger partial charge in [0.05, 0.1) is 5.75 Å². The van der Waals surface area contributed by atoms with E-state index in [1.165, 1.54) is 18.4 Å². The Kier molecular flexibility index (Phi) is 5.83. The zero-order valence-electron chi connectivity index (χ0n) is 13.7. The summed E-state index contributed by atoms with van der Waals surface area (Å²) < 4.78 is 26.3. The molecule has 0 spiro atoms. The van der Waals surface area contributed by atoms with E-state index >= 15 is 0 Å². The molecule has 5 nitrogen and oxygen atoms in total. The quantitative estimate of drug-likeness (QED) is 0.831. The van der Waals surface area contributed by atoms with Crippen LogP contribution in [0.25, 0.3) is 0 Å². The molecule has 1 aliphatic rings. The molecule has 6 heteroatoms. The van der Waals surface area contributed by atoms with Crippen LogP contribution in [-0.4, -0.2) is 52.8 Å². The van der Waals surface area contributed by atoms with Gasteiger partial charge in [-0.1, -0.05) is 12.1 Å². The SMILES string of the molecule is CCS(=O)(=O)NCC(c1ccc(N(C)C)cc1)N1CCCC1. The van der Waals surface area contributed by atoms with Crippen LogP contribution in [0.15, 0.2) is 24.3 Å². The zero-order chi connectivity index (χ0) is 16.2. The van der Waals surface area contributed by atoms with E-state index in [1.54, 1.807) is 6.92 Å². The highest BCUT2D eigenvalue weighted by Gasteiger charge is 2.24. The van der Waals surface area contributed by atoms with Crippen molar-refractivity contribution in [3.8, 4) is 0 Å². The molecule has 1 saturated heterocycles. The molecule has 0 aliphatic carbocycles. The standard InChI is InChI=1S/C16H27N3O2S/c1-4-22(20,21)17-13-16(19-11-5-6-12-19)14-7-9-15(10-8-14)18(2)3/h7-10,16-17H,4-6,11-13H2,1-3H3. The smallest absolute Gasteiger partial charge is 0.211 e. The van der Waals surface area contributed by atoms with Gasteiger partial charge < -0.3 is 4.90 Å². The van der Waals surface area contributed by atoms with Crippen LogP contribution in [0.1, 0.15) is 31.4 Å². The summed E-state index contributed by atoms with van der Waals surface area (Å²) in [6, 6.07) is 8.51. The maximum Gasteiger partial charge on any atom is 0.211 e. The first-order valence-corrected chi connectivity index (χ1v) is 9.57. The zero-order valence-corrected chi connectivity index (χ0v) is 14.6. The topological polar surface area (TPSA) is 52.7 Å². The van der Waals surface area contributed by atoms with Crippen molar-refractivity contribution in [3.63, 3.8) is 0 Å². The second-order valence-corrected chi connectivity index (χ2v) is 8.09. The van der Waals surface area contributed by atoms with Crippen LogP contribution in [-0.2, 0) is 10.0 Å². The maximum atomic E-state index is 11.8. The van der Waals surface area contributed by atoms with Gasteiger partial charge in [-0.15, -0.1) is 0 Å². The minimum Gasteiger partial charge on any atom is -0.378 e. The van der Waals surface area contributed by atoms with E-state index in [4.69, 9.17) is 0 Å². The number of anilines is 1. The minimum absolute atomic E-state index is 0.111. The van der Waals surface area contributed by atoms with Gasteiger partial charge in [-0.2, -0.15) is 0 Å². The van der Waals surface area contributed by atoms with Crippen molar-refractivity contribution < 1.29 is 8.42 Å². The lowest BCUT2D eigenvalue weighted by Gasteiger charge is -2.28. The first kappa shape index (κ1) is 17.2. The molecule has 1 aromatic rings. The van der Waals surface area contributed by atoms with E-state index in [-0.39, 0.29) is 11.8 Å². The molecule has 1 aliphatic heterocycles. The molecule has 1 fully saturated rings. The highest BCUT2D eigenvalue weighted by molar-refractivity contribution is 7.89. The number of hydrogen-bond acceptors (Lipinski definition) is 4. The molecule has 1 unspecified atom stereocenters. The summed E-state index contributed by atoms with van der Waals surface area (Å²) in [4.78, 5) is 4.44. The number of benzene rings is 1. The monoisotopic (exact) mass is 325 g/mol. The third-order valence-electron chi connectivity index (χ3n) is 4.25. The lowest BCUT2D eigenvalue weighted by Crippen LogP contribution is -2.37. The Hall–Kier alpha value is -1.11. The van der Waals surface area contributed by atoms with Crippen LogP contribution in [0, 0.1) is 0 Å². The van der Waals surface area contributed by atoms with Crippen molar-refractivity contribution in [2.75, 3.05) is 44.4 Å². The summed E-state index contributed by atoms with van der Waals surface area (Å²) >= 11 is 0. The second kappa shape index (κ2) is 7.44. The van der Waals surface area contributed by atoms with Crippen LogP contribution < -0.4 is 9.62 Å². The van der Waals surface area contributed by atoms with Crippen LogP contribution in [0.2, 0.25) is 0 Å². The van der Waals surface area contributed by atoms with Gasteiger partial charge in [0.25, 0.3) is 0 Å². The molecule has 1 atom stereocenters. The summed E-state index contributed by atoms with van der Waals surface area (Å²) in [5.41, 5.74) is 2.32. The fourth-order valence-electron chi connectivity index (χ4n) is 2.81. The van der Waals surface area contributed by atoms with Crippen molar-refractivity contribution in [2.24, 2.45) is 0 Å². The first-order valence-electron chi connectivity index (χ1n) is 7.91. The molecule has 0 bridgehead atoms. The number of nitrogens with zero attached hydrogens (tertiary/aromatic N) is 2. The molecule has 1 aromatic carbocycles. The highest BCUT2D eigenvalue weighted by Crippen LogP contribution is 2.26. The Bertz CT molecular complexity index is 564. The van der Waals surface area contributed by atoms with E-state index < -0.39 is 10.0 Å². The fourth-order valence-corrected chi connectivity index (χ4v) is 3.43. The molecule has 0 aromatic heterocycles. The number of hydrogen-bond donors (Lipinski definition) is 1. The van der Waals surface area contributed by atoms with Gasteiger partial charge in [0.1, 0.15) is 0 Å². The summed E-state index contributed by atoms with van der Waals surface area (Å²) in [5.74, 6) is 0.124. The number of nitrogens with one attached hydrogen (secondary N) is 1. The third-order valence-corrected chi connectivity index (χ3v) is 5.62. The molecular weight excluding hydrogens is 298 g/mol. The molecule has 1 heterocycles. The average Bonchev–Trinajstić information content (AvgIpc) is 3.02. The van der Waals surface area contributed by atoms with Gasteiger partial charge in [-0.25, -0.2) is 13.1 Å². The Balaban J connectivity index is 2.16. The Labute approximate surface area is 134 Å². The second-order valence-electron chi connectivity index (χ2n) is 6.00. The van der Waals surface area contributed by atoms with Gasteiger partial charge >= 0.3 is 0 Å². The summed E-state index contributed by atoms with van der Waals surface area (Å²) in [5, 5.41) is 0. The minimum atomic E-state index is -3.16. The predicted molar refractivity (Wildman–Crippen MR) is 91.8 cm³/mol. The van der Waals surface area contributed by atoms with Gasteiger partial charge in [-0.05, 0) is 50.6 Å². The van der Waals surface area contributed by atoms with Crippen LogP contribution in [0.3, 0.4) is 0 Å². The van der Waals surface area contributed by atoms with Crippen LogP contribution >= 0.6 is 0 Å². The molecule has 0 amide bonds. The van der Waals surface area contributed by atoms with E-state index in [9.17, 15) is 8.42 Å². The van der Waals surface area contributed by atoms with Gasteiger partial charge in [0.15, 0.2) is 0 Å². The highest BCUT2D eigenvalue weighted by atomic mass is 32.2. The Morgan fingerprint density at radius 2 is 1.77 bits per heavy atom. The van der Waals surface area contributed by atoms with Crippen molar-refractivity contribution in [3.05, 3.63) is 29.8 Å². The summed E-state index contributed by atoms with van der Waals surface area (Å²) in [6.07, 6.45) is 2.37. The number of sulfonamides is 1. The van der Waals surface area contributed by atoms with Gasteiger partial charge in [0, 0.05) is 32.4 Å². The fraction of sp³-hybridized carbons (Fsp3) is 0.625. The van der Waals surface area contributed by atoms with Crippen molar-refractivity contribution in [1.82, 2.24) is 9.62 Å². The maximum absolute atomic E-state index is 11.8. The Morgan fingerprint density at radius 1 is 1.18 bits per heavy atom. The molecule has 1 N–H and O–H groups in total. The lowest BCUT2D eigenvalue weighted by atomic mass is 10.1. The summed E-state index contributed by atoms with van der Waals surface area (Å²) in [6.45, 7) is 4.18. The van der Waals surface area contributed by atoms with E-state index in [0.717, 1.165) is 18.8 Å². The van der Waals surface area contributed by atoms with Crippen LogP contribution in [0.5, 0.6) is 0 Å². The van der Waals surface area contributed by atoms with Crippen molar-refractivity contribution in [1.29, 1.82) is 0 Å². The molecular formula is C16H27N3O2S. The Morgan fingerprint density at radius 3 is 2.27 bits per heavy atom. The van der Waals surface area contributed by atoms with E-state index in [1.807, 2.05) is 14.1 Å².